The first-order valence-electron chi connectivity index (χ1n) is 5.49. The molecule has 0 unspecified atom stereocenters. The van der Waals surface area contributed by atoms with Crippen LogP contribution in [0.3, 0.4) is 0 Å². The Balaban J connectivity index is 1.93. The van der Waals surface area contributed by atoms with Gasteiger partial charge in [-0.25, -0.2) is 9.97 Å². The van der Waals surface area contributed by atoms with E-state index in [1.807, 2.05) is 6.07 Å². The maximum absolute atomic E-state index is 5.92. The second-order valence-electron chi connectivity index (χ2n) is 4.05. The number of halogens is 1. The largest absolute Gasteiger partial charge is 0.367 e. The highest BCUT2D eigenvalue weighted by molar-refractivity contribution is 6.21. The highest BCUT2D eigenvalue weighted by atomic mass is 35.5. The zero-order valence-corrected chi connectivity index (χ0v) is 9.67. The van der Waals surface area contributed by atoms with Gasteiger partial charge in [0.05, 0.1) is 0 Å². The standard InChI is InChI=1S/C11H16ClN3/c1-2-3-9-6-11(14-7-13-9)15-10-4-8(12)5-10/h6-8,10H,2-5H2,1H3,(H,13,14,15). The third-order valence-corrected chi connectivity index (χ3v) is 3.02. The summed E-state index contributed by atoms with van der Waals surface area (Å²) in [6.45, 7) is 2.15. The van der Waals surface area contributed by atoms with Gasteiger partial charge in [0, 0.05) is 23.2 Å². The van der Waals surface area contributed by atoms with Crippen LogP contribution in [0.2, 0.25) is 0 Å². The summed E-state index contributed by atoms with van der Waals surface area (Å²) in [7, 11) is 0. The Labute approximate surface area is 95.3 Å². The van der Waals surface area contributed by atoms with Crippen molar-refractivity contribution in [1.82, 2.24) is 9.97 Å². The molecule has 0 spiro atoms. The maximum Gasteiger partial charge on any atom is 0.129 e. The van der Waals surface area contributed by atoms with Gasteiger partial charge in [0.2, 0.25) is 0 Å². The molecule has 0 amide bonds. The molecular formula is C11H16ClN3. The molecule has 1 fully saturated rings. The average molecular weight is 226 g/mol. The summed E-state index contributed by atoms with van der Waals surface area (Å²) < 4.78 is 0. The van der Waals surface area contributed by atoms with Crippen LogP contribution in [-0.4, -0.2) is 21.4 Å². The lowest BCUT2D eigenvalue weighted by Crippen LogP contribution is -2.36. The van der Waals surface area contributed by atoms with Gasteiger partial charge in [0.15, 0.2) is 0 Å². The van der Waals surface area contributed by atoms with E-state index in [2.05, 4.69) is 22.2 Å². The number of rotatable bonds is 4. The van der Waals surface area contributed by atoms with Crippen LogP contribution in [0.25, 0.3) is 0 Å². The van der Waals surface area contributed by atoms with Crippen molar-refractivity contribution >= 4 is 17.4 Å². The topological polar surface area (TPSA) is 37.8 Å². The average Bonchev–Trinajstić information content (AvgIpc) is 2.17. The lowest BCUT2D eigenvalue weighted by atomic mass is 9.92. The Hall–Kier alpha value is -0.830. The summed E-state index contributed by atoms with van der Waals surface area (Å²) in [5.41, 5.74) is 1.11. The lowest BCUT2D eigenvalue weighted by Gasteiger charge is -2.31. The molecule has 0 atom stereocenters. The van der Waals surface area contributed by atoms with E-state index in [-0.39, 0.29) is 0 Å². The molecule has 0 saturated heterocycles. The van der Waals surface area contributed by atoms with Gasteiger partial charge in [-0.2, -0.15) is 0 Å². The summed E-state index contributed by atoms with van der Waals surface area (Å²) >= 11 is 5.92. The minimum absolute atomic E-state index is 0.347. The predicted molar refractivity (Wildman–Crippen MR) is 62.3 cm³/mol. The van der Waals surface area contributed by atoms with Gasteiger partial charge < -0.3 is 5.32 Å². The first-order chi connectivity index (χ1) is 7.28. The molecule has 1 saturated carbocycles. The van der Waals surface area contributed by atoms with Crippen molar-refractivity contribution in [3.63, 3.8) is 0 Å². The Kier molecular flexibility index (Phi) is 3.41. The first kappa shape index (κ1) is 10.7. The zero-order chi connectivity index (χ0) is 10.7. The number of anilines is 1. The van der Waals surface area contributed by atoms with Crippen molar-refractivity contribution in [3.05, 3.63) is 18.1 Å². The molecule has 2 rings (SSSR count). The second kappa shape index (κ2) is 4.79. The van der Waals surface area contributed by atoms with E-state index in [1.165, 1.54) is 0 Å². The molecule has 1 N–H and O–H groups in total. The Morgan fingerprint density at radius 3 is 2.93 bits per heavy atom. The monoisotopic (exact) mass is 225 g/mol. The molecular weight excluding hydrogens is 210 g/mol. The van der Waals surface area contributed by atoms with Gasteiger partial charge in [0.1, 0.15) is 12.1 Å². The van der Waals surface area contributed by atoms with Crippen molar-refractivity contribution in [3.8, 4) is 0 Å². The van der Waals surface area contributed by atoms with Gasteiger partial charge in [-0.3, -0.25) is 0 Å². The molecule has 1 aromatic rings. The molecule has 1 aromatic heterocycles. The highest BCUT2D eigenvalue weighted by Gasteiger charge is 2.27. The van der Waals surface area contributed by atoms with E-state index in [0.717, 1.165) is 37.2 Å². The molecule has 0 bridgehead atoms. The number of alkyl halides is 1. The highest BCUT2D eigenvalue weighted by Crippen LogP contribution is 2.27. The van der Waals surface area contributed by atoms with Crippen molar-refractivity contribution in [2.75, 3.05) is 5.32 Å². The number of hydrogen-bond acceptors (Lipinski definition) is 3. The van der Waals surface area contributed by atoms with Gasteiger partial charge in [-0.05, 0) is 19.3 Å². The minimum Gasteiger partial charge on any atom is -0.367 e. The maximum atomic E-state index is 5.92. The third kappa shape index (κ3) is 2.81. The number of nitrogens with zero attached hydrogens (tertiary/aromatic N) is 2. The molecule has 1 aliphatic rings. The van der Waals surface area contributed by atoms with Crippen LogP contribution < -0.4 is 5.32 Å². The van der Waals surface area contributed by atoms with Crippen LogP contribution in [0.1, 0.15) is 31.9 Å². The van der Waals surface area contributed by atoms with Crippen LogP contribution in [0.4, 0.5) is 5.82 Å². The second-order valence-corrected chi connectivity index (χ2v) is 4.67. The number of nitrogens with one attached hydrogen (secondary N) is 1. The Morgan fingerprint density at radius 1 is 1.47 bits per heavy atom. The van der Waals surface area contributed by atoms with Crippen molar-refractivity contribution in [2.45, 2.75) is 44.0 Å². The molecule has 82 valence electrons. The van der Waals surface area contributed by atoms with Crippen LogP contribution in [0.15, 0.2) is 12.4 Å². The van der Waals surface area contributed by atoms with E-state index >= 15 is 0 Å². The molecule has 1 aliphatic carbocycles. The third-order valence-electron chi connectivity index (χ3n) is 2.66. The van der Waals surface area contributed by atoms with Gasteiger partial charge in [-0.15, -0.1) is 11.6 Å². The fourth-order valence-corrected chi connectivity index (χ4v) is 2.17. The normalized spacial score (nSPS) is 24.7. The van der Waals surface area contributed by atoms with Crippen LogP contribution in [0, 0.1) is 0 Å². The molecule has 0 aliphatic heterocycles. The Bertz CT molecular complexity index is 323. The summed E-state index contributed by atoms with van der Waals surface area (Å²) in [5, 5.41) is 3.72. The minimum atomic E-state index is 0.347. The number of aromatic nitrogens is 2. The predicted octanol–water partition coefficient (Wildman–Crippen LogP) is 2.61. The van der Waals surface area contributed by atoms with Gasteiger partial charge in [-0.1, -0.05) is 13.3 Å². The van der Waals surface area contributed by atoms with Crippen molar-refractivity contribution < 1.29 is 0 Å². The summed E-state index contributed by atoms with van der Waals surface area (Å²) in [6.07, 6.45) is 5.83. The number of hydrogen-bond donors (Lipinski definition) is 1. The zero-order valence-electron chi connectivity index (χ0n) is 8.91. The molecule has 3 nitrogen and oxygen atoms in total. The summed E-state index contributed by atoms with van der Waals surface area (Å²) in [6, 6.07) is 2.53. The molecule has 0 radical (unpaired) electrons. The SMILES string of the molecule is CCCc1cc(NC2CC(Cl)C2)ncn1. The summed E-state index contributed by atoms with van der Waals surface area (Å²) in [4.78, 5) is 8.42. The fourth-order valence-electron chi connectivity index (χ4n) is 1.74. The molecule has 4 heteroatoms. The number of aryl methyl sites for hydroxylation is 1. The van der Waals surface area contributed by atoms with Crippen molar-refractivity contribution in [2.24, 2.45) is 0 Å². The first-order valence-corrected chi connectivity index (χ1v) is 5.93. The van der Waals surface area contributed by atoms with E-state index in [0.29, 0.717) is 11.4 Å². The summed E-state index contributed by atoms with van der Waals surface area (Å²) in [5.74, 6) is 0.932. The molecule has 1 heterocycles. The fraction of sp³-hybridized carbons (Fsp3) is 0.636. The van der Waals surface area contributed by atoms with Gasteiger partial charge >= 0.3 is 0 Å². The lowest BCUT2D eigenvalue weighted by molar-refractivity contribution is 0.453. The smallest absolute Gasteiger partial charge is 0.129 e. The van der Waals surface area contributed by atoms with Gasteiger partial charge in [0.25, 0.3) is 0 Å². The van der Waals surface area contributed by atoms with Crippen LogP contribution in [-0.2, 0) is 6.42 Å². The van der Waals surface area contributed by atoms with E-state index < -0.39 is 0 Å². The van der Waals surface area contributed by atoms with E-state index in [9.17, 15) is 0 Å². The van der Waals surface area contributed by atoms with Crippen LogP contribution in [0.5, 0.6) is 0 Å². The van der Waals surface area contributed by atoms with E-state index in [4.69, 9.17) is 11.6 Å². The Morgan fingerprint density at radius 2 is 2.27 bits per heavy atom. The molecule has 15 heavy (non-hydrogen) atoms. The van der Waals surface area contributed by atoms with Crippen LogP contribution >= 0.6 is 11.6 Å². The quantitative estimate of drug-likeness (QED) is 0.801. The van der Waals surface area contributed by atoms with Crippen molar-refractivity contribution in [1.29, 1.82) is 0 Å². The molecule has 0 aromatic carbocycles. The van der Waals surface area contributed by atoms with E-state index in [1.54, 1.807) is 6.33 Å².